The van der Waals surface area contributed by atoms with Gasteiger partial charge >= 0.3 is 0 Å². The van der Waals surface area contributed by atoms with Crippen molar-refractivity contribution in [3.63, 3.8) is 0 Å². The van der Waals surface area contributed by atoms with E-state index in [0.717, 1.165) is 50.0 Å². The average molecular weight is 537 g/mol. The number of pyridine rings is 1. The average Bonchev–Trinajstić information content (AvgIpc) is 2.78. The van der Waals surface area contributed by atoms with Crippen LogP contribution < -0.4 is 15.4 Å². The molecule has 1 aromatic carbocycles. The minimum absolute atomic E-state index is 0. The molecule has 1 aliphatic heterocycles. The summed E-state index contributed by atoms with van der Waals surface area (Å²) in [5.41, 5.74) is 2.43. The van der Waals surface area contributed by atoms with E-state index >= 15 is 0 Å². The number of ether oxygens (including phenoxy) is 1. The van der Waals surface area contributed by atoms with Crippen molar-refractivity contribution in [2.75, 3.05) is 40.3 Å². The Labute approximate surface area is 203 Å². The Balaban J connectivity index is 0.00000341. The maximum absolute atomic E-state index is 5.33. The highest BCUT2D eigenvalue weighted by atomic mass is 127. The first-order chi connectivity index (χ1) is 14.7. The van der Waals surface area contributed by atoms with E-state index in [4.69, 9.17) is 9.73 Å². The zero-order valence-corrected chi connectivity index (χ0v) is 21.2. The predicted molar refractivity (Wildman–Crippen MR) is 138 cm³/mol. The second-order valence-corrected chi connectivity index (χ2v) is 7.82. The van der Waals surface area contributed by atoms with Crippen LogP contribution in [0, 0.1) is 5.92 Å². The number of piperidine rings is 1. The molecule has 2 heterocycles. The van der Waals surface area contributed by atoms with Crippen molar-refractivity contribution in [1.29, 1.82) is 0 Å². The van der Waals surface area contributed by atoms with Crippen LogP contribution in [0.3, 0.4) is 0 Å². The highest BCUT2D eigenvalue weighted by Gasteiger charge is 2.30. The van der Waals surface area contributed by atoms with Crippen molar-refractivity contribution in [2.45, 2.75) is 32.2 Å². The fraction of sp³-hybridized carbons (Fsp3) is 0.500. The van der Waals surface area contributed by atoms with Crippen LogP contribution in [0.1, 0.15) is 37.1 Å². The third-order valence-corrected chi connectivity index (χ3v) is 5.69. The van der Waals surface area contributed by atoms with Crippen molar-refractivity contribution in [1.82, 2.24) is 20.5 Å². The largest absolute Gasteiger partial charge is 0.497 e. The summed E-state index contributed by atoms with van der Waals surface area (Å²) in [7, 11) is 3.93. The van der Waals surface area contributed by atoms with Crippen LogP contribution in [0.15, 0.2) is 53.7 Å². The molecular weight excluding hydrogens is 501 g/mol. The molecule has 31 heavy (non-hydrogen) atoms. The van der Waals surface area contributed by atoms with Gasteiger partial charge in [0.05, 0.1) is 7.11 Å². The minimum atomic E-state index is 0. The summed E-state index contributed by atoms with van der Waals surface area (Å²) in [6.45, 7) is 5.70. The molecule has 6 nitrogen and oxygen atoms in total. The van der Waals surface area contributed by atoms with Crippen LogP contribution >= 0.6 is 24.0 Å². The molecule has 0 aliphatic carbocycles. The molecule has 1 aromatic heterocycles. The molecule has 1 fully saturated rings. The Hall–Kier alpha value is -1.87. The first kappa shape index (κ1) is 25.4. The summed E-state index contributed by atoms with van der Waals surface area (Å²) in [5, 5.41) is 6.84. The molecule has 0 amide bonds. The fourth-order valence-electron chi connectivity index (χ4n) is 4.18. The van der Waals surface area contributed by atoms with Gasteiger partial charge in [-0.1, -0.05) is 18.2 Å². The number of aromatic nitrogens is 1. The normalized spacial score (nSPS) is 19.4. The smallest absolute Gasteiger partial charge is 0.191 e. The van der Waals surface area contributed by atoms with Gasteiger partial charge in [0.15, 0.2) is 5.96 Å². The second kappa shape index (κ2) is 13.5. The zero-order valence-electron chi connectivity index (χ0n) is 18.9. The van der Waals surface area contributed by atoms with Crippen molar-refractivity contribution in [3.8, 4) is 5.75 Å². The Bertz CT molecular complexity index is 784. The third-order valence-electron chi connectivity index (χ3n) is 5.69. The van der Waals surface area contributed by atoms with Crippen LogP contribution in [0.25, 0.3) is 0 Å². The van der Waals surface area contributed by atoms with Crippen LogP contribution in [0.2, 0.25) is 0 Å². The summed E-state index contributed by atoms with van der Waals surface area (Å²) < 4.78 is 5.33. The molecule has 1 aliphatic rings. The number of hydrogen-bond donors (Lipinski definition) is 2. The molecule has 2 N–H and O–H groups in total. The number of nitrogens with zero attached hydrogens (tertiary/aromatic N) is 3. The molecule has 2 atom stereocenters. The van der Waals surface area contributed by atoms with Crippen LogP contribution in [0.4, 0.5) is 0 Å². The van der Waals surface area contributed by atoms with E-state index < -0.39 is 0 Å². The lowest BCUT2D eigenvalue weighted by atomic mass is 9.85. The van der Waals surface area contributed by atoms with Crippen molar-refractivity contribution in [2.24, 2.45) is 10.9 Å². The van der Waals surface area contributed by atoms with E-state index in [1.807, 2.05) is 18.3 Å². The minimum Gasteiger partial charge on any atom is -0.497 e. The van der Waals surface area contributed by atoms with Gasteiger partial charge in [0.2, 0.25) is 0 Å². The second-order valence-electron chi connectivity index (χ2n) is 7.82. The SMILES string of the molecule is CCNC(=NCC1CCCN(C)C1c1ccc(OC)cc1)NCCc1ccccn1.I. The van der Waals surface area contributed by atoms with E-state index in [0.29, 0.717) is 12.0 Å². The number of guanidine groups is 1. The van der Waals surface area contributed by atoms with Crippen molar-refractivity contribution < 1.29 is 4.74 Å². The van der Waals surface area contributed by atoms with Crippen LogP contribution in [0.5, 0.6) is 5.75 Å². The number of aliphatic imine (C=N–C) groups is 1. The third kappa shape index (κ3) is 7.64. The lowest BCUT2D eigenvalue weighted by molar-refractivity contribution is 0.125. The number of halogens is 1. The topological polar surface area (TPSA) is 61.8 Å². The molecule has 7 heteroatoms. The maximum atomic E-state index is 5.33. The first-order valence-corrected chi connectivity index (χ1v) is 11.0. The van der Waals surface area contributed by atoms with E-state index in [1.54, 1.807) is 7.11 Å². The summed E-state index contributed by atoms with van der Waals surface area (Å²) >= 11 is 0. The van der Waals surface area contributed by atoms with Gasteiger partial charge in [-0.15, -0.1) is 24.0 Å². The van der Waals surface area contributed by atoms with Gasteiger partial charge in [0, 0.05) is 44.0 Å². The molecule has 1 saturated heterocycles. The lowest BCUT2D eigenvalue weighted by Crippen LogP contribution is -2.40. The molecule has 0 saturated carbocycles. The zero-order chi connectivity index (χ0) is 21.2. The molecule has 3 rings (SSSR count). The number of rotatable bonds is 8. The molecular formula is C24H36IN5O. The van der Waals surface area contributed by atoms with Gasteiger partial charge in [-0.3, -0.25) is 14.9 Å². The van der Waals surface area contributed by atoms with Gasteiger partial charge in [-0.2, -0.15) is 0 Å². The monoisotopic (exact) mass is 537 g/mol. The van der Waals surface area contributed by atoms with Gasteiger partial charge in [-0.05, 0) is 69.1 Å². The molecule has 0 spiro atoms. The first-order valence-electron chi connectivity index (χ1n) is 11.0. The summed E-state index contributed by atoms with van der Waals surface area (Å²) in [4.78, 5) is 11.8. The lowest BCUT2D eigenvalue weighted by Gasteiger charge is -2.39. The highest BCUT2D eigenvalue weighted by molar-refractivity contribution is 14.0. The van der Waals surface area contributed by atoms with E-state index in [-0.39, 0.29) is 24.0 Å². The molecule has 2 aromatic rings. The molecule has 2 unspecified atom stereocenters. The summed E-state index contributed by atoms with van der Waals surface area (Å²) in [6.07, 6.45) is 5.13. The predicted octanol–water partition coefficient (Wildman–Crippen LogP) is 3.89. The van der Waals surface area contributed by atoms with Crippen LogP contribution in [-0.2, 0) is 6.42 Å². The number of nitrogens with one attached hydrogen (secondary N) is 2. The Morgan fingerprint density at radius 2 is 2.00 bits per heavy atom. The Morgan fingerprint density at radius 3 is 2.68 bits per heavy atom. The molecule has 0 bridgehead atoms. The summed E-state index contributed by atoms with van der Waals surface area (Å²) in [5.74, 6) is 2.27. The van der Waals surface area contributed by atoms with Crippen molar-refractivity contribution >= 4 is 29.9 Å². The summed E-state index contributed by atoms with van der Waals surface area (Å²) in [6, 6.07) is 14.9. The maximum Gasteiger partial charge on any atom is 0.191 e. The van der Waals surface area contributed by atoms with Crippen molar-refractivity contribution in [3.05, 3.63) is 59.9 Å². The molecule has 170 valence electrons. The van der Waals surface area contributed by atoms with E-state index in [1.165, 1.54) is 18.4 Å². The number of benzene rings is 1. The Kier molecular flexibility index (Phi) is 11.1. The van der Waals surface area contributed by atoms with Gasteiger partial charge < -0.3 is 15.4 Å². The molecule has 0 radical (unpaired) electrons. The number of hydrogen-bond acceptors (Lipinski definition) is 4. The fourth-order valence-corrected chi connectivity index (χ4v) is 4.18. The Morgan fingerprint density at radius 1 is 1.19 bits per heavy atom. The number of methoxy groups -OCH3 is 1. The van der Waals surface area contributed by atoms with Gasteiger partial charge in [-0.25, -0.2) is 0 Å². The quantitative estimate of drug-likeness (QED) is 0.304. The van der Waals surface area contributed by atoms with Gasteiger partial charge in [0.25, 0.3) is 0 Å². The number of likely N-dealkylation sites (tertiary alicyclic amines) is 1. The van der Waals surface area contributed by atoms with Gasteiger partial charge in [0.1, 0.15) is 5.75 Å². The standard InChI is InChI=1S/C24H35N5O.HI/c1-4-25-24(27-16-14-21-9-5-6-15-26-21)28-18-20-8-7-17-29(2)23(20)19-10-12-22(30-3)13-11-19;/h5-6,9-13,15,20,23H,4,7-8,14,16-18H2,1-3H3,(H2,25,27,28);1H. The highest BCUT2D eigenvalue weighted by Crippen LogP contribution is 2.35. The van der Waals surface area contributed by atoms with E-state index in [9.17, 15) is 0 Å². The van der Waals surface area contributed by atoms with E-state index in [2.05, 4.69) is 64.8 Å². The van der Waals surface area contributed by atoms with Crippen LogP contribution in [-0.4, -0.2) is 56.2 Å².